The molecule has 0 heterocycles. The van der Waals surface area contributed by atoms with Gasteiger partial charge in [-0.2, -0.15) is 0 Å². The van der Waals surface area contributed by atoms with Gasteiger partial charge in [0.05, 0.1) is 6.61 Å². The van der Waals surface area contributed by atoms with Crippen LogP contribution in [0.15, 0.2) is 18.2 Å². The molecule has 2 N–H and O–H groups in total. The number of hydrogen-bond acceptors (Lipinski definition) is 2. The van der Waals surface area contributed by atoms with Gasteiger partial charge in [0.15, 0.2) is 11.6 Å². The number of halogens is 2. The van der Waals surface area contributed by atoms with Gasteiger partial charge >= 0.3 is 0 Å². The minimum absolute atomic E-state index is 0.0536. The zero-order chi connectivity index (χ0) is 11.5. The van der Waals surface area contributed by atoms with Crippen molar-refractivity contribution in [2.45, 2.75) is 13.8 Å². The predicted octanol–water partition coefficient (Wildman–Crippen LogP) is 2.33. The highest BCUT2D eigenvalue weighted by atomic mass is 19.1. The lowest BCUT2D eigenvalue weighted by Crippen LogP contribution is -2.30. The molecule has 0 fully saturated rings. The molecule has 84 valence electrons. The standard InChI is InChI=1S/C11H15F2NO/c1-11(2,6-14)7-15-10-4-3-8(12)5-9(10)13/h3-5H,6-7,14H2,1-2H3. The third-order valence-corrected chi connectivity index (χ3v) is 2.06. The van der Waals surface area contributed by atoms with Crippen LogP contribution in [0.2, 0.25) is 0 Å². The fourth-order valence-corrected chi connectivity index (χ4v) is 0.924. The second kappa shape index (κ2) is 4.57. The summed E-state index contributed by atoms with van der Waals surface area (Å²) in [6.45, 7) is 4.56. The van der Waals surface area contributed by atoms with Gasteiger partial charge in [-0.15, -0.1) is 0 Å². The fraction of sp³-hybridized carbons (Fsp3) is 0.455. The molecule has 2 nitrogen and oxygen atoms in total. The Morgan fingerprint density at radius 1 is 1.33 bits per heavy atom. The van der Waals surface area contributed by atoms with Gasteiger partial charge in [-0.3, -0.25) is 0 Å². The molecule has 1 rings (SSSR count). The molecule has 1 aromatic carbocycles. The van der Waals surface area contributed by atoms with E-state index in [0.717, 1.165) is 12.1 Å². The van der Waals surface area contributed by atoms with E-state index in [-0.39, 0.29) is 11.2 Å². The third-order valence-electron chi connectivity index (χ3n) is 2.06. The first-order valence-electron chi connectivity index (χ1n) is 4.72. The molecule has 0 aliphatic heterocycles. The van der Waals surface area contributed by atoms with E-state index >= 15 is 0 Å². The molecule has 0 amide bonds. The lowest BCUT2D eigenvalue weighted by Gasteiger charge is -2.22. The van der Waals surface area contributed by atoms with E-state index in [1.54, 1.807) is 0 Å². The molecule has 4 heteroatoms. The van der Waals surface area contributed by atoms with Crippen molar-refractivity contribution in [3.05, 3.63) is 29.8 Å². The first kappa shape index (κ1) is 11.9. The quantitative estimate of drug-likeness (QED) is 0.836. The second-order valence-electron chi connectivity index (χ2n) is 4.23. The van der Waals surface area contributed by atoms with Crippen molar-refractivity contribution < 1.29 is 13.5 Å². The van der Waals surface area contributed by atoms with Crippen molar-refractivity contribution in [3.8, 4) is 5.75 Å². The minimum atomic E-state index is -0.692. The summed E-state index contributed by atoms with van der Waals surface area (Å²) in [6, 6.07) is 3.23. The van der Waals surface area contributed by atoms with Crippen molar-refractivity contribution in [1.29, 1.82) is 0 Å². The summed E-state index contributed by atoms with van der Waals surface area (Å²) in [5, 5.41) is 0. The molecule has 0 aliphatic carbocycles. The summed E-state index contributed by atoms with van der Waals surface area (Å²) in [5.41, 5.74) is 5.28. The van der Waals surface area contributed by atoms with Crippen LogP contribution in [0.4, 0.5) is 8.78 Å². The Morgan fingerprint density at radius 3 is 2.53 bits per heavy atom. The van der Waals surface area contributed by atoms with Crippen LogP contribution in [0.25, 0.3) is 0 Å². The van der Waals surface area contributed by atoms with Gasteiger partial charge in [0, 0.05) is 18.0 Å². The maximum Gasteiger partial charge on any atom is 0.167 e. The van der Waals surface area contributed by atoms with Gasteiger partial charge in [0.2, 0.25) is 0 Å². The molecule has 0 saturated heterocycles. The summed E-state index contributed by atoms with van der Waals surface area (Å²) < 4.78 is 30.9. The van der Waals surface area contributed by atoms with Gasteiger partial charge in [-0.05, 0) is 12.1 Å². The molecule has 0 radical (unpaired) electrons. The Balaban J connectivity index is 2.66. The molecular weight excluding hydrogens is 200 g/mol. The lowest BCUT2D eigenvalue weighted by molar-refractivity contribution is 0.181. The zero-order valence-corrected chi connectivity index (χ0v) is 8.89. The van der Waals surface area contributed by atoms with E-state index in [1.165, 1.54) is 6.07 Å². The maximum absolute atomic E-state index is 13.1. The van der Waals surface area contributed by atoms with Crippen LogP contribution >= 0.6 is 0 Å². The first-order chi connectivity index (χ1) is 6.94. The summed E-state index contributed by atoms with van der Waals surface area (Å²) in [5.74, 6) is -1.25. The predicted molar refractivity (Wildman–Crippen MR) is 54.7 cm³/mol. The van der Waals surface area contributed by atoms with Gasteiger partial charge in [0.1, 0.15) is 5.82 Å². The average molecular weight is 215 g/mol. The summed E-state index contributed by atoms with van der Waals surface area (Å²) in [7, 11) is 0. The molecule has 0 bridgehead atoms. The minimum Gasteiger partial charge on any atom is -0.490 e. The number of nitrogens with two attached hydrogens (primary N) is 1. The van der Waals surface area contributed by atoms with Gasteiger partial charge in [0.25, 0.3) is 0 Å². The normalized spacial score (nSPS) is 11.5. The van der Waals surface area contributed by atoms with E-state index in [0.29, 0.717) is 13.2 Å². The van der Waals surface area contributed by atoms with Crippen molar-refractivity contribution in [1.82, 2.24) is 0 Å². The molecule has 0 saturated carbocycles. The van der Waals surface area contributed by atoms with Crippen molar-refractivity contribution >= 4 is 0 Å². The zero-order valence-electron chi connectivity index (χ0n) is 8.89. The van der Waals surface area contributed by atoms with Crippen LogP contribution in [-0.4, -0.2) is 13.2 Å². The molecule has 0 atom stereocenters. The van der Waals surface area contributed by atoms with Crippen LogP contribution in [0.1, 0.15) is 13.8 Å². The van der Waals surface area contributed by atoms with Crippen LogP contribution in [0.5, 0.6) is 5.75 Å². The molecule has 0 unspecified atom stereocenters. The van der Waals surface area contributed by atoms with Gasteiger partial charge < -0.3 is 10.5 Å². The fourth-order valence-electron chi connectivity index (χ4n) is 0.924. The van der Waals surface area contributed by atoms with E-state index < -0.39 is 11.6 Å². The van der Waals surface area contributed by atoms with Crippen LogP contribution < -0.4 is 10.5 Å². The Bertz CT molecular complexity index is 339. The molecule has 0 spiro atoms. The molecule has 0 aliphatic rings. The molecule has 1 aromatic rings. The van der Waals surface area contributed by atoms with Crippen LogP contribution in [-0.2, 0) is 0 Å². The molecule has 0 aromatic heterocycles. The Labute approximate surface area is 88.0 Å². The van der Waals surface area contributed by atoms with E-state index in [9.17, 15) is 8.78 Å². The van der Waals surface area contributed by atoms with Crippen LogP contribution in [0, 0.1) is 17.0 Å². The monoisotopic (exact) mass is 215 g/mol. The lowest BCUT2D eigenvalue weighted by atomic mass is 9.95. The largest absolute Gasteiger partial charge is 0.490 e. The van der Waals surface area contributed by atoms with Crippen molar-refractivity contribution in [2.75, 3.05) is 13.2 Å². The SMILES string of the molecule is CC(C)(CN)COc1ccc(F)cc1F. The summed E-state index contributed by atoms with van der Waals surface area (Å²) >= 11 is 0. The number of ether oxygens (including phenoxy) is 1. The Kier molecular flexibility index (Phi) is 3.63. The van der Waals surface area contributed by atoms with Crippen molar-refractivity contribution in [2.24, 2.45) is 11.1 Å². The Morgan fingerprint density at radius 2 is 2.00 bits per heavy atom. The average Bonchev–Trinajstić information content (AvgIpc) is 2.16. The second-order valence-corrected chi connectivity index (χ2v) is 4.23. The summed E-state index contributed by atoms with van der Waals surface area (Å²) in [4.78, 5) is 0. The van der Waals surface area contributed by atoms with Gasteiger partial charge in [-0.1, -0.05) is 13.8 Å². The first-order valence-corrected chi connectivity index (χ1v) is 4.72. The Hall–Kier alpha value is -1.16. The van der Waals surface area contributed by atoms with E-state index in [2.05, 4.69) is 0 Å². The topological polar surface area (TPSA) is 35.2 Å². The third kappa shape index (κ3) is 3.47. The highest BCUT2D eigenvalue weighted by molar-refractivity contribution is 5.24. The van der Waals surface area contributed by atoms with Crippen LogP contribution in [0.3, 0.4) is 0 Å². The number of hydrogen-bond donors (Lipinski definition) is 1. The van der Waals surface area contributed by atoms with Gasteiger partial charge in [-0.25, -0.2) is 8.78 Å². The van der Waals surface area contributed by atoms with E-state index in [1.807, 2.05) is 13.8 Å². The smallest absolute Gasteiger partial charge is 0.167 e. The maximum atomic E-state index is 13.1. The highest BCUT2D eigenvalue weighted by Crippen LogP contribution is 2.21. The molecule has 15 heavy (non-hydrogen) atoms. The van der Waals surface area contributed by atoms with E-state index in [4.69, 9.17) is 10.5 Å². The molecular formula is C11H15F2NO. The number of benzene rings is 1. The van der Waals surface area contributed by atoms with Crippen molar-refractivity contribution in [3.63, 3.8) is 0 Å². The highest BCUT2D eigenvalue weighted by Gasteiger charge is 2.17. The summed E-state index contributed by atoms with van der Waals surface area (Å²) in [6.07, 6.45) is 0. The number of rotatable bonds is 4.